The smallest absolute Gasteiger partial charge is 0.315 e. The number of carbonyl (C=O) groups excluding carboxylic acids is 1. The molecule has 0 radical (unpaired) electrons. The molecule has 2 amide bonds. The summed E-state index contributed by atoms with van der Waals surface area (Å²) in [7, 11) is 0. The van der Waals surface area contributed by atoms with Crippen LogP contribution >= 0.6 is 0 Å². The van der Waals surface area contributed by atoms with Crippen LogP contribution in [0, 0.1) is 12.7 Å². The van der Waals surface area contributed by atoms with Crippen molar-refractivity contribution in [3.63, 3.8) is 0 Å². The zero-order valence-electron chi connectivity index (χ0n) is 14.8. The van der Waals surface area contributed by atoms with E-state index in [9.17, 15) is 9.18 Å². The first kappa shape index (κ1) is 18.9. The second kappa shape index (κ2) is 8.62. The van der Waals surface area contributed by atoms with E-state index >= 15 is 0 Å². The van der Waals surface area contributed by atoms with Crippen molar-refractivity contribution in [2.75, 3.05) is 6.61 Å². The minimum atomic E-state index is -0.371. The zero-order chi connectivity index (χ0) is 18.4. The number of carbonyl (C=O) groups is 1. The van der Waals surface area contributed by atoms with Crippen LogP contribution in [0.3, 0.4) is 0 Å². The number of aryl methyl sites for hydroxylation is 1. The lowest BCUT2D eigenvalue weighted by molar-refractivity contribution is 0.231. The van der Waals surface area contributed by atoms with E-state index in [1.54, 1.807) is 42.9 Å². The average molecular weight is 348 g/mol. The van der Waals surface area contributed by atoms with Gasteiger partial charge in [0.05, 0.1) is 11.7 Å². The molecule has 1 heterocycles. The Morgan fingerprint density at radius 2 is 2.12 bits per heavy atom. The normalized spacial score (nSPS) is 13.3. The molecule has 3 N–H and O–H groups in total. The Morgan fingerprint density at radius 1 is 1.36 bits per heavy atom. The number of aromatic nitrogens is 2. The van der Waals surface area contributed by atoms with Gasteiger partial charge in [-0.15, -0.1) is 0 Å². The highest BCUT2D eigenvalue weighted by Gasteiger charge is 2.14. The van der Waals surface area contributed by atoms with Gasteiger partial charge in [0.2, 0.25) is 0 Å². The Balaban J connectivity index is 2.00. The molecule has 2 aromatic rings. The molecule has 2 atom stereocenters. The third-order valence-corrected chi connectivity index (χ3v) is 4.08. The SMILES string of the molecule is Cc1nccn1-c1ccc([C@@H](C)NC(=O)N[C@H](C)CCCO)cc1F. The third kappa shape index (κ3) is 5.03. The summed E-state index contributed by atoms with van der Waals surface area (Å²) in [5.41, 5.74) is 1.10. The van der Waals surface area contributed by atoms with Gasteiger partial charge in [0, 0.05) is 25.0 Å². The van der Waals surface area contributed by atoms with E-state index < -0.39 is 0 Å². The molecule has 0 spiro atoms. The molecule has 0 aliphatic carbocycles. The van der Waals surface area contributed by atoms with Gasteiger partial charge in [-0.25, -0.2) is 14.2 Å². The molecule has 0 saturated heterocycles. The fourth-order valence-electron chi connectivity index (χ4n) is 2.64. The number of amides is 2. The van der Waals surface area contributed by atoms with Crippen molar-refractivity contribution in [3.8, 4) is 5.69 Å². The summed E-state index contributed by atoms with van der Waals surface area (Å²) in [5, 5.41) is 14.4. The van der Waals surface area contributed by atoms with Gasteiger partial charge in [-0.2, -0.15) is 0 Å². The van der Waals surface area contributed by atoms with E-state index in [0.717, 1.165) is 0 Å². The van der Waals surface area contributed by atoms with Gasteiger partial charge in [-0.1, -0.05) is 6.07 Å². The van der Waals surface area contributed by atoms with Gasteiger partial charge in [0.25, 0.3) is 0 Å². The lowest BCUT2D eigenvalue weighted by Crippen LogP contribution is -2.41. The lowest BCUT2D eigenvalue weighted by Gasteiger charge is -2.19. The molecule has 0 aliphatic rings. The van der Waals surface area contributed by atoms with Crippen molar-refractivity contribution < 1.29 is 14.3 Å². The van der Waals surface area contributed by atoms with Crippen molar-refractivity contribution in [1.29, 1.82) is 0 Å². The van der Waals surface area contributed by atoms with Crippen LogP contribution in [0.5, 0.6) is 0 Å². The number of halogens is 1. The quantitative estimate of drug-likeness (QED) is 0.720. The number of aliphatic hydroxyl groups is 1. The number of hydrogen-bond acceptors (Lipinski definition) is 3. The van der Waals surface area contributed by atoms with Crippen LogP contribution in [-0.4, -0.2) is 33.3 Å². The molecule has 25 heavy (non-hydrogen) atoms. The molecule has 1 aromatic carbocycles. The second-order valence-electron chi connectivity index (χ2n) is 6.16. The lowest BCUT2D eigenvalue weighted by atomic mass is 10.1. The molecule has 7 heteroatoms. The summed E-state index contributed by atoms with van der Waals surface area (Å²) >= 11 is 0. The number of urea groups is 1. The molecule has 0 fully saturated rings. The molecule has 0 saturated carbocycles. The van der Waals surface area contributed by atoms with Crippen molar-refractivity contribution in [2.45, 2.75) is 45.7 Å². The predicted octanol–water partition coefficient (Wildman–Crippen LogP) is 2.84. The van der Waals surface area contributed by atoms with E-state index in [-0.39, 0.29) is 30.5 Å². The number of imidazole rings is 1. The fourth-order valence-corrected chi connectivity index (χ4v) is 2.64. The molecule has 0 unspecified atom stereocenters. The van der Waals surface area contributed by atoms with Gasteiger partial charge in [-0.3, -0.25) is 0 Å². The molecule has 0 bridgehead atoms. The summed E-state index contributed by atoms with van der Waals surface area (Å²) in [5.74, 6) is 0.332. The van der Waals surface area contributed by atoms with Crippen molar-refractivity contribution in [3.05, 3.63) is 47.8 Å². The number of hydrogen-bond donors (Lipinski definition) is 3. The van der Waals surface area contributed by atoms with Crippen molar-refractivity contribution >= 4 is 6.03 Å². The summed E-state index contributed by atoms with van der Waals surface area (Å²) in [4.78, 5) is 16.1. The fraction of sp³-hybridized carbons (Fsp3) is 0.444. The largest absolute Gasteiger partial charge is 0.396 e. The van der Waals surface area contributed by atoms with E-state index in [1.807, 2.05) is 6.92 Å². The Labute approximate surface area is 147 Å². The summed E-state index contributed by atoms with van der Waals surface area (Å²) in [6, 6.07) is 4.21. The first-order chi connectivity index (χ1) is 11.9. The molecule has 2 rings (SSSR count). The molecule has 6 nitrogen and oxygen atoms in total. The minimum absolute atomic E-state index is 0.0392. The molecular formula is C18H25FN4O2. The second-order valence-corrected chi connectivity index (χ2v) is 6.16. The van der Waals surface area contributed by atoms with E-state index in [4.69, 9.17) is 5.11 Å². The molecule has 0 aliphatic heterocycles. The van der Waals surface area contributed by atoms with Crippen LogP contribution in [0.4, 0.5) is 9.18 Å². The van der Waals surface area contributed by atoms with Crippen LogP contribution < -0.4 is 10.6 Å². The number of nitrogens with one attached hydrogen (secondary N) is 2. The van der Waals surface area contributed by atoms with Gasteiger partial charge in [0.15, 0.2) is 0 Å². The van der Waals surface area contributed by atoms with E-state index in [0.29, 0.717) is 29.9 Å². The van der Waals surface area contributed by atoms with Gasteiger partial charge < -0.3 is 20.3 Å². The van der Waals surface area contributed by atoms with Crippen molar-refractivity contribution in [2.24, 2.45) is 0 Å². The Bertz CT molecular complexity index is 717. The number of rotatable bonds is 7. The van der Waals surface area contributed by atoms with Crippen LogP contribution in [0.15, 0.2) is 30.6 Å². The number of benzene rings is 1. The highest BCUT2D eigenvalue weighted by atomic mass is 19.1. The standard InChI is InChI=1S/C18H25FN4O2/c1-12(5-4-10-24)21-18(25)22-13(2)15-6-7-17(16(19)11-15)23-9-8-20-14(23)3/h6-9,11-13,24H,4-5,10H2,1-3H3,(H2,21,22,25)/t12-,13-/m1/s1. The summed E-state index contributed by atoms with van der Waals surface area (Å²) in [6.07, 6.45) is 4.66. The highest BCUT2D eigenvalue weighted by Crippen LogP contribution is 2.20. The van der Waals surface area contributed by atoms with E-state index in [1.165, 1.54) is 6.07 Å². The maximum atomic E-state index is 14.4. The first-order valence-electron chi connectivity index (χ1n) is 8.40. The Hall–Kier alpha value is -2.41. The van der Waals surface area contributed by atoms with E-state index in [2.05, 4.69) is 15.6 Å². The van der Waals surface area contributed by atoms with Gasteiger partial charge >= 0.3 is 6.03 Å². The maximum absolute atomic E-state index is 14.4. The topological polar surface area (TPSA) is 79.2 Å². The highest BCUT2D eigenvalue weighted by molar-refractivity contribution is 5.74. The Kier molecular flexibility index (Phi) is 6.52. The third-order valence-electron chi connectivity index (χ3n) is 4.08. The zero-order valence-corrected chi connectivity index (χ0v) is 14.8. The van der Waals surface area contributed by atoms with Crippen LogP contribution in [0.25, 0.3) is 5.69 Å². The van der Waals surface area contributed by atoms with Gasteiger partial charge in [0.1, 0.15) is 11.6 Å². The average Bonchev–Trinajstić information content (AvgIpc) is 2.98. The number of nitrogens with zero attached hydrogens (tertiary/aromatic N) is 2. The minimum Gasteiger partial charge on any atom is -0.396 e. The number of aliphatic hydroxyl groups excluding tert-OH is 1. The van der Waals surface area contributed by atoms with Crippen molar-refractivity contribution in [1.82, 2.24) is 20.2 Å². The maximum Gasteiger partial charge on any atom is 0.315 e. The van der Waals surface area contributed by atoms with Crippen LogP contribution in [0.1, 0.15) is 44.1 Å². The molecular weight excluding hydrogens is 323 g/mol. The molecule has 1 aromatic heterocycles. The molecule has 136 valence electrons. The monoisotopic (exact) mass is 348 g/mol. The first-order valence-corrected chi connectivity index (χ1v) is 8.40. The van der Waals surface area contributed by atoms with Crippen LogP contribution in [0.2, 0.25) is 0 Å². The Morgan fingerprint density at radius 3 is 2.72 bits per heavy atom. The predicted molar refractivity (Wildman–Crippen MR) is 94.1 cm³/mol. The van der Waals surface area contributed by atoms with Crippen LogP contribution in [-0.2, 0) is 0 Å². The van der Waals surface area contributed by atoms with Gasteiger partial charge in [-0.05, 0) is 51.3 Å². The summed E-state index contributed by atoms with van der Waals surface area (Å²) < 4.78 is 16.1. The summed E-state index contributed by atoms with van der Waals surface area (Å²) in [6.45, 7) is 5.59.